The number of nitrogens with one attached hydrogen (secondary N) is 1. The van der Waals surface area contributed by atoms with Crippen LogP contribution in [-0.2, 0) is 13.0 Å². The molecule has 0 atom stereocenters. The Labute approximate surface area is 111 Å². The molecule has 0 unspecified atom stereocenters. The molecule has 0 bridgehead atoms. The van der Waals surface area contributed by atoms with Crippen LogP contribution in [0.2, 0.25) is 0 Å². The molecule has 1 N–H and O–H groups in total. The molecule has 0 saturated heterocycles. The Balaban J connectivity index is 1.79. The zero-order valence-corrected chi connectivity index (χ0v) is 11.1. The lowest BCUT2D eigenvalue weighted by Crippen LogP contribution is -2.10. The van der Waals surface area contributed by atoms with Crippen molar-refractivity contribution < 1.29 is 8.81 Å². The normalized spacial score (nSPS) is 10.9. The highest BCUT2D eigenvalue weighted by molar-refractivity contribution is 5.20. The molecule has 0 radical (unpaired) electrons. The molecule has 102 valence electrons. The average molecular weight is 264 g/mol. The van der Waals surface area contributed by atoms with Crippen LogP contribution in [0.3, 0.4) is 0 Å². The fourth-order valence-electron chi connectivity index (χ4n) is 1.62. The van der Waals surface area contributed by atoms with Crippen LogP contribution in [0.5, 0.6) is 0 Å². The molecule has 6 heteroatoms. The Morgan fingerprint density at radius 3 is 2.63 bits per heavy atom. The van der Waals surface area contributed by atoms with Gasteiger partial charge in [-0.3, -0.25) is 0 Å². The van der Waals surface area contributed by atoms with Gasteiger partial charge in [0.1, 0.15) is 5.82 Å². The van der Waals surface area contributed by atoms with E-state index in [0.29, 0.717) is 25.0 Å². The summed E-state index contributed by atoms with van der Waals surface area (Å²) in [5.74, 6) is 0.358. The van der Waals surface area contributed by atoms with Crippen LogP contribution >= 0.6 is 0 Å². The number of rotatable bonds is 6. The predicted molar refractivity (Wildman–Crippen MR) is 70.3 cm³/mol. The van der Waals surface area contributed by atoms with Gasteiger partial charge in [0.15, 0.2) is 0 Å². The Morgan fingerprint density at radius 1 is 1.21 bits per heavy atom. The van der Waals surface area contributed by atoms with Crippen LogP contribution in [0.15, 0.2) is 28.7 Å². The first-order valence-corrected chi connectivity index (χ1v) is 6.09. The molecule has 0 fully saturated rings. The molecule has 0 aliphatic heterocycles. The van der Waals surface area contributed by atoms with Crippen LogP contribution < -0.4 is 5.32 Å². The number of aromatic nitrogens is 2. The van der Waals surface area contributed by atoms with Crippen molar-refractivity contribution in [2.75, 3.05) is 26.0 Å². The average Bonchev–Trinajstić information content (AvgIpc) is 2.78. The molecular formula is C13H17FN4O. The summed E-state index contributed by atoms with van der Waals surface area (Å²) < 4.78 is 18.1. The first-order valence-electron chi connectivity index (χ1n) is 6.09. The van der Waals surface area contributed by atoms with Crippen LogP contribution in [0, 0.1) is 5.82 Å². The maximum absolute atomic E-state index is 12.7. The zero-order valence-electron chi connectivity index (χ0n) is 11.1. The smallest absolute Gasteiger partial charge is 0.315 e. The minimum Gasteiger partial charge on any atom is -0.407 e. The molecule has 0 amide bonds. The van der Waals surface area contributed by atoms with Gasteiger partial charge in [0.05, 0.1) is 6.54 Å². The standard InChI is InChI=1S/C13H17FN4O/c1-18(2)9-12-16-17-13(19-12)15-8-7-10-3-5-11(14)6-4-10/h3-6H,7-9H2,1-2H3,(H,15,17). The fraction of sp³-hybridized carbons (Fsp3) is 0.385. The molecule has 0 saturated carbocycles. The van der Waals surface area contributed by atoms with Gasteiger partial charge in [-0.25, -0.2) is 4.39 Å². The summed E-state index contributed by atoms with van der Waals surface area (Å²) in [5, 5.41) is 10.9. The second-order valence-electron chi connectivity index (χ2n) is 4.54. The van der Waals surface area contributed by atoms with Crippen LogP contribution in [0.1, 0.15) is 11.5 Å². The highest BCUT2D eigenvalue weighted by atomic mass is 19.1. The summed E-state index contributed by atoms with van der Waals surface area (Å²) in [6.45, 7) is 1.28. The number of halogens is 1. The molecule has 0 aliphatic carbocycles. The third-order valence-electron chi connectivity index (χ3n) is 2.52. The molecule has 5 nitrogen and oxygen atoms in total. The Morgan fingerprint density at radius 2 is 1.95 bits per heavy atom. The zero-order chi connectivity index (χ0) is 13.7. The monoisotopic (exact) mass is 264 g/mol. The minimum absolute atomic E-state index is 0.220. The van der Waals surface area contributed by atoms with Crippen LogP contribution in [0.4, 0.5) is 10.4 Å². The van der Waals surface area contributed by atoms with Gasteiger partial charge < -0.3 is 14.6 Å². The summed E-state index contributed by atoms with van der Waals surface area (Å²) in [6, 6.07) is 6.86. The van der Waals surface area contributed by atoms with Gasteiger partial charge >= 0.3 is 6.01 Å². The van der Waals surface area contributed by atoms with E-state index in [1.807, 2.05) is 19.0 Å². The van der Waals surface area contributed by atoms with Crippen molar-refractivity contribution in [2.45, 2.75) is 13.0 Å². The van der Waals surface area contributed by atoms with Gasteiger partial charge in [-0.1, -0.05) is 17.2 Å². The topological polar surface area (TPSA) is 54.2 Å². The van der Waals surface area contributed by atoms with E-state index in [0.717, 1.165) is 12.0 Å². The number of hydrogen-bond acceptors (Lipinski definition) is 5. The van der Waals surface area contributed by atoms with Crippen molar-refractivity contribution in [1.82, 2.24) is 15.1 Å². The largest absolute Gasteiger partial charge is 0.407 e. The Bertz CT molecular complexity index is 510. The van der Waals surface area contributed by atoms with E-state index >= 15 is 0 Å². The lowest BCUT2D eigenvalue weighted by Gasteiger charge is -2.04. The van der Waals surface area contributed by atoms with E-state index in [-0.39, 0.29) is 5.82 Å². The third kappa shape index (κ3) is 4.33. The fourth-order valence-corrected chi connectivity index (χ4v) is 1.62. The van der Waals surface area contributed by atoms with Crippen molar-refractivity contribution in [3.63, 3.8) is 0 Å². The van der Waals surface area contributed by atoms with Crippen LogP contribution in [0.25, 0.3) is 0 Å². The quantitative estimate of drug-likeness (QED) is 0.864. The SMILES string of the molecule is CN(C)Cc1nnc(NCCc2ccc(F)cc2)o1. The summed E-state index contributed by atoms with van der Waals surface area (Å²) >= 11 is 0. The van der Waals surface area contributed by atoms with Crippen molar-refractivity contribution in [2.24, 2.45) is 0 Å². The van der Waals surface area contributed by atoms with E-state index in [9.17, 15) is 4.39 Å². The maximum Gasteiger partial charge on any atom is 0.315 e. The molecule has 0 aliphatic rings. The molecule has 2 rings (SSSR count). The van der Waals surface area contributed by atoms with Gasteiger partial charge in [0, 0.05) is 6.54 Å². The van der Waals surface area contributed by atoms with Crippen molar-refractivity contribution in [3.05, 3.63) is 41.5 Å². The third-order valence-corrected chi connectivity index (χ3v) is 2.52. The molecule has 1 aromatic carbocycles. The Kier molecular flexibility index (Phi) is 4.46. The maximum atomic E-state index is 12.7. The molecular weight excluding hydrogens is 247 g/mol. The number of nitrogens with zero attached hydrogens (tertiary/aromatic N) is 3. The molecule has 1 heterocycles. The van der Waals surface area contributed by atoms with E-state index in [1.54, 1.807) is 12.1 Å². The predicted octanol–water partition coefficient (Wildman–Crippen LogP) is 1.92. The number of hydrogen-bond donors (Lipinski definition) is 1. The second kappa shape index (κ2) is 6.29. The van der Waals surface area contributed by atoms with Gasteiger partial charge in [0.25, 0.3) is 0 Å². The lowest BCUT2D eigenvalue weighted by atomic mass is 10.1. The van der Waals surface area contributed by atoms with E-state index in [1.165, 1.54) is 12.1 Å². The van der Waals surface area contributed by atoms with Crippen LogP contribution in [-0.4, -0.2) is 35.7 Å². The van der Waals surface area contributed by atoms with Crippen molar-refractivity contribution in [1.29, 1.82) is 0 Å². The summed E-state index contributed by atoms with van der Waals surface area (Å²) in [7, 11) is 3.87. The first kappa shape index (κ1) is 13.5. The van der Waals surface area contributed by atoms with Gasteiger partial charge in [-0.15, -0.1) is 5.10 Å². The van der Waals surface area contributed by atoms with Gasteiger partial charge in [-0.2, -0.15) is 0 Å². The number of anilines is 1. The van der Waals surface area contributed by atoms with Gasteiger partial charge in [0.2, 0.25) is 5.89 Å². The first-order chi connectivity index (χ1) is 9.13. The highest BCUT2D eigenvalue weighted by Gasteiger charge is 2.06. The van der Waals surface area contributed by atoms with Crippen molar-refractivity contribution >= 4 is 6.01 Å². The molecule has 19 heavy (non-hydrogen) atoms. The summed E-state index contributed by atoms with van der Waals surface area (Å²) in [4.78, 5) is 1.95. The van der Waals surface area contributed by atoms with Crippen molar-refractivity contribution in [3.8, 4) is 0 Å². The van der Waals surface area contributed by atoms with E-state index in [2.05, 4.69) is 15.5 Å². The van der Waals surface area contributed by atoms with E-state index < -0.39 is 0 Å². The summed E-state index contributed by atoms with van der Waals surface area (Å²) in [6.07, 6.45) is 0.770. The van der Waals surface area contributed by atoms with E-state index in [4.69, 9.17) is 4.42 Å². The Hall–Kier alpha value is -1.95. The minimum atomic E-state index is -0.220. The molecule has 0 spiro atoms. The van der Waals surface area contributed by atoms with Gasteiger partial charge in [-0.05, 0) is 38.2 Å². The summed E-state index contributed by atoms with van der Waals surface area (Å²) in [5.41, 5.74) is 1.06. The second-order valence-corrected chi connectivity index (χ2v) is 4.54. The molecule has 2 aromatic rings. The number of benzene rings is 1. The lowest BCUT2D eigenvalue weighted by molar-refractivity contribution is 0.344. The molecule has 1 aromatic heterocycles. The highest BCUT2D eigenvalue weighted by Crippen LogP contribution is 2.08.